The van der Waals surface area contributed by atoms with Crippen molar-refractivity contribution in [1.29, 1.82) is 0 Å². The van der Waals surface area contributed by atoms with Crippen molar-refractivity contribution in [3.63, 3.8) is 0 Å². The molecule has 1 amide bonds. The van der Waals surface area contributed by atoms with Crippen LogP contribution in [-0.2, 0) is 4.79 Å². The quantitative estimate of drug-likeness (QED) is 0.650. The van der Waals surface area contributed by atoms with E-state index >= 15 is 0 Å². The van der Waals surface area contributed by atoms with Crippen molar-refractivity contribution in [2.24, 2.45) is 0 Å². The van der Waals surface area contributed by atoms with Gasteiger partial charge in [-0.3, -0.25) is 9.69 Å². The molecule has 1 fully saturated rings. The van der Waals surface area contributed by atoms with E-state index in [4.69, 9.17) is 12.2 Å². The molecule has 0 aromatic heterocycles. The summed E-state index contributed by atoms with van der Waals surface area (Å²) in [7, 11) is 0. The van der Waals surface area contributed by atoms with E-state index in [-0.39, 0.29) is 18.0 Å². The summed E-state index contributed by atoms with van der Waals surface area (Å²) in [6, 6.07) is 0.0638. The molecule has 1 aliphatic rings. The predicted molar refractivity (Wildman–Crippen MR) is 51.8 cm³/mol. The second-order valence-corrected chi connectivity index (χ2v) is 3.52. The maximum Gasteiger partial charge on any atom is 0.251 e. The lowest BCUT2D eigenvalue weighted by atomic mass is 10.2. The van der Waals surface area contributed by atoms with Crippen LogP contribution in [0.4, 0.5) is 0 Å². The van der Waals surface area contributed by atoms with E-state index in [1.54, 1.807) is 4.90 Å². The normalized spacial score (nSPS) is 25.9. The van der Waals surface area contributed by atoms with Gasteiger partial charge in [0.05, 0.1) is 0 Å². The minimum Gasteiger partial charge on any atom is -0.351 e. The molecule has 1 saturated heterocycles. The maximum absolute atomic E-state index is 11.5. The van der Waals surface area contributed by atoms with Crippen molar-refractivity contribution in [1.82, 2.24) is 10.2 Å². The first-order valence-corrected chi connectivity index (χ1v) is 4.62. The molecule has 12 heavy (non-hydrogen) atoms. The summed E-state index contributed by atoms with van der Waals surface area (Å²) in [4.78, 5) is 13.2. The lowest BCUT2D eigenvalue weighted by Crippen LogP contribution is -2.38. The standard InChI is InChI=1S/C8H14N2OS/c1-4-5(2)10-7(11)6(3)9-8(10)12/h5-6H,4H2,1-3H3,(H,9,12). The Kier molecular flexibility index (Phi) is 2.67. The van der Waals surface area contributed by atoms with E-state index in [0.717, 1.165) is 6.42 Å². The van der Waals surface area contributed by atoms with Gasteiger partial charge in [-0.1, -0.05) is 6.92 Å². The zero-order valence-electron chi connectivity index (χ0n) is 7.63. The molecule has 2 atom stereocenters. The summed E-state index contributed by atoms with van der Waals surface area (Å²) in [5.74, 6) is 0.0920. The van der Waals surface area contributed by atoms with Gasteiger partial charge in [-0.25, -0.2) is 0 Å². The van der Waals surface area contributed by atoms with Crippen LogP contribution in [0.1, 0.15) is 27.2 Å². The molecule has 1 heterocycles. The Hall–Kier alpha value is -0.640. The molecular weight excluding hydrogens is 172 g/mol. The second kappa shape index (κ2) is 3.39. The van der Waals surface area contributed by atoms with Gasteiger partial charge in [0, 0.05) is 6.04 Å². The van der Waals surface area contributed by atoms with Crippen LogP contribution in [0.15, 0.2) is 0 Å². The van der Waals surface area contributed by atoms with Crippen LogP contribution < -0.4 is 5.32 Å². The summed E-state index contributed by atoms with van der Waals surface area (Å²) < 4.78 is 0. The fraction of sp³-hybridized carbons (Fsp3) is 0.750. The fourth-order valence-electron chi connectivity index (χ4n) is 1.23. The molecule has 0 aromatic rings. The Bertz CT molecular complexity index is 217. The summed E-state index contributed by atoms with van der Waals surface area (Å²) in [6.07, 6.45) is 0.931. The molecule has 4 heteroatoms. The summed E-state index contributed by atoms with van der Waals surface area (Å²) in [5.41, 5.74) is 0. The highest BCUT2D eigenvalue weighted by Gasteiger charge is 2.34. The highest BCUT2D eigenvalue weighted by Crippen LogP contribution is 2.12. The molecule has 0 bridgehead atoms. The summed E-state index contributed by atoms with van der Waals surface area (Å²) >= 11 is 5.03. The van der Waals surface area contributed by atoms with Crippen molar-refractivity contribution in [3.05, 3.63) is 0 Å². The SMILES string of the molecule is CCC(C)N1C(=O)C(C)NC1=S. The molecule has 1 aliphatic heterocycles. The molecule has 1 rings (SSSR count). The summed E-state index contributed by atoms with van der Waals surface area (Å²) in [6.45, 7) is 5.88. The third kappa shape index (κ3) is 1.43. The Morgan fingerprint density at radius 2 is 2.33 bits per heavy atom. The number of hydrogen-bond donors (Lipinski definition) is 1. The van der Waals surface area contributed by atoms with Crippen LogP contribution in [0, 0.1) is 0 Å². The Morgan fingerprint density at radius 1 is 1.75 bits per heavy atom. The molecule has 0 radical (unpaired) electrons. The van der Waals surface area contributed by atoms with E-state index in [1.807, 2.05) is 20.8 Å². The molecule has 0 aromatic carbocycles. The number of nitrogens with one attached hydrogen (secondary N) is 1. The Labute approximate surface area is 78.1 Å². The van der Waals surface area contributed by atoms with E-state index in [0.29, 0.717) is 5.11 Å². The highest BCUT2D eigenvalue weighted by atomic mass is 32.1. The Morgan fingerprint density at radius 3 is 2.67 bits per heavy atom. The highest BCUT2D eigenvalue weighted by molar-refractivity contribution is 7.80. The monoisotopic (exact) mass is 186 g/mol. The molecule has 0 aliphatic carbocycles. The largest absolute Gasteiger partial charge is 0.351 e. The van der Waals surface area contributed by atoms with E-state index < -0.39 is 0 Å². The van der Waals surface area contributed by atoms with E-state index in [9.17, 15) is 4.79 Å². The lowest BCUT2D eigenvalue weighted by Gasteiger charge is -2.21. The van der Waals surface area contributed by atoms with Crippen molar-refractivity contribution in [2.75, 3.05) is 0 Å². The van der Waals surface area contributed by atoms with Crippen LogP contribution in [-0.4, -0.2) is 28.0 Å². The third-order valence-electron chi connectivity index (χ3n) is 2.20. The zero-order valence-corrected chi connectivity index (χ0v) is 8.44. The molecule has 2 unspecified atom stereocenters. The number of carbonyl (C=O) groups excluding carboxylic acids is 1. The first-order valence-electron chi connectivity index (χ1n) is 4.21. The number of hydrogen-bond acceptors (Lipinski definition) is 2. The van der Waals surface area contributed by atoms with Crippen LogP contribution in [0.25, 0.3) is 0 Å². The first-order chi connectivity index (χ1) is 5.57. The molecule has 0 saturated carbocycles. The fourth-order valence-corrected chi connectivity index (χ4v) is 1.67. The number of nitrogens with zero attached hydrogens (tertiary/aromatic N) is 1. The van der Waals surface area contributed by atoms with Gasteiger partial charge in [0.2, 0.25) is 0 Å². The number of carbonyl (C=O) groups is 1. The van der Waals surface area contributed by atoms with Crippen molar-refractivity contribution in [3.8, 4) is 0 Å². The number of rotatable bonds is 2. The maximum atomic E-state index is 11.5. The van der Waals surface area contributed by atoms with Gasteiger partial charge in [-0.2, -0.15) is 0 Å². The molecule has 3 nitrogen and oxygen atoms in total. The van der Waals surface area contributed by atoms with E-state index in [2.05, 4.69) is 5.32 Å². The third-order valence-corrected chi connectivity index (χ3v) is 2.51. The van der Waals surface area contributed by atoms with Gasteiger partial charge >= 0.3 is 0 Å². The number of thiocarbonyl (C=S) groups is 1. The molecule has 1 N–H and O–H groups in total. The van der Waals surface area contributed by atoms with Gasteiger partial charge in [0.15, 0.2) is 5.11 Å². The van der Waals surface area contributed by atoms with Gasteiger partial charge in [-0.15, -0.1) is 0 Å². The van der Waals surface area contributed by atoms with Gasteiger partial charge in [0.1, 0.15) is 6.04 Å². The Balaban J connectivity index is 2.76. The average Bonchev–Trinajstić information content (AvgIpc) is 2.26. The second-order valence-electron chi connectivity index (χ2n) is 3.14. The zero-order chi connectivity index (χ0) is 9.30. The van der Waals surface area contributed by atoms with Crippen molar-refractivity contribution in [2.45, 2.75) is 39.3 Å². The van der Waals surface area contributed by atoms with Gasteiger partial charge < -0.3 is 5.32 Å². The molecular formula is C8H14N2OS. The number of amides is 1. The van der Waals surface area contributed by atoms with Crippen molar-refractivity contribution >= 4 is 23.2 Å². The van der Waals surface area contributed by atoms with Crippen LogP contribution in [0.5, 0.6) is 0 Å². The smallest absolute Gasteiger partial charge is 0.251 e. The lowest BCUT2D eigenvalue weighted by molar-refractivity contribution is -0.128. The van der Waals surface area contributed by atoms with Crippen LogP contribution >= 0.6 is 12.2 Å². The first kappa shape index (κ1) is 9.45. The van der Waals surface area contributed by atoms with Gasteiger partial charge in [-0.05, 0) is 32.5 Å². The molecule has 0 spiro atoms. The molecule has 68 valence electrons. The van der Waals surface area contributed by atoms with Crippen LogP contribution in [0.2, 0.25) is 0 Å². The van der Waals surface area contributed by atoms with Crippen molar-refractivity contribution < 1.29 is 4.79 Å². The van der Waals surface area contributed by atoms with Gasteiger partial charge in [0.25, 0.3) is 5.91 Å². The topological polar surface area (TPSA) is 32.3 Å². The average molecular weight is 186 g/mol. The van der Waals surface area contributed by atoms with E-state index in [1.165, 1.54) is 0 Å². The summed E-state index contributed by atoms with van der Waals surface area (Å²) in [5, 5.41) is 3.51. The minimum absolute atomic E-state index is 0.0920. The predicted octanol–water partition coefficient (Wildman–Crippen LogP) is 0.890. The minimum atomic E-state index is -0.147. The van der Waals surface area contributed by atoms with Crippen LogP contribution in [0.3, 0.4) is 0 Å².